The third-order valence-electron chi connectivity index (χ3n) is 7.76. The number of benzene rings is 2. The summed E-state index contributed by atoms with van der Waals surface area (Å²) in [6.45, 7) is 1.62. The highest BCUT2D eigenvalue weighted by molar-refractivity contribution is 6.31. The Morgan fingerprint density at radius 1 is 1.05 bits per heavy atom. The Kier molecular flexibility index (Phi) is 8.95. The molecule has 2 heterocycles. The fraction of sp³-hybridized carbons (Fsp3) is 0.448. The first-order chi connectivity index (χ1) is 19.2. The van der Waals surface area contributed by atoms with Crippen LogP contribution in [-0.2, 0) is 0 Å². The van der Waals surface area contributed by atoms with Crippen molar-refractivity contribution in [1.29, 1.82) is 0 Å². The van der Waals surface area contributed by atoms with Gasteiger partial charge in [0.2, 0.25) is 5.43 Å². The van der Waals surface area contributed by atoms with E-state index in [1.54, 1.807) is 6.20 Å². The van der Waals surface area contributed by atoms with Crippen LogP contribution in [0.25, 0.3) is 10.9 Å². The molecule has 214 valence electrons. The highest BCUT2D eigenvalue weighted by Gasteiger charge is 2.26. The number of aromatic nitrogens is 1. The molecule has 1 aliphatic carbocycles. The first-order valence-corrected chi connectivity index (χ1v) is 14.3. The van der Waals surface area contributed by atoms with Crippen LogP contribution >= 0.6 is 23.2 Å². The number of pyridine rings is 1. The molecule has 40 heavy (non-hydrogen) atoms. The summed E-state index contributed by atoms with van der Waals surface area (Å²) < 4.78 is 35.3. The van der Waals surface area contributed by atoms with E-state index in [-0.39, 0.29) is 45.4 Å². The second-order valence-corrected chi connectivity index (χ2v) is 11.4. The van der Waals surface area contributed by atoms with Gasteiger partial charge in [-0.25, -0.2) is 8.78 Å². The fourth-order valence-electron chi connectivity index (χ4n) is 5.62. The molecule has 2 aromatic carbocycles. The lowest BCUT2D eigenvalue weighted by atomic mass is 10.0. The van der Waals surface area contributed by atoms with Crippen molar-refractivity contribution in [3.63, 3.8) is 0 Å². The van der Waals surface area contributed by atoms with Crippen molar-refractivity contribution < 1.29 is 23.4 Å². The highest BCUT2D eigenvalue weighted by Crippen LogP contribution is 2.33. The van der Waals surface area contributed by atoms with Gasteiger partial charge in [-0.3, -0.25) is 9.59 Å². The van der Waals surface area contributed by atoms with Crippen LogP contribution in [0, 0.1) is 11.6 Å². The van der Waals surface area contributed by atoms with Crippen LogP contribution in [0.5, 0.6) is 5.75 Å². The van der Waals surface area contributed by atoms with Crippen molar-refractivity contribution in [2.24, 2.45) is 0 Å². The van der Waals surface area contributed by atoms with E-state index < -0.39 is 29.1 Å². The van der Waals surface area contributed by atoms with E-state index in [0.717, 1.165) is 31.7 Å². The summed E-state index contributed by atoms with van der Waals surface area (Å²) in [5, 5.41) is 13.5. The summed E-state index contributed by atoms with van der Waals surface area (Å²) in [5.41, 5.74) is 0.0186. The van der Waals surface area contributed by atoms with Crippen LogP contribution in [0.1, 0.15) is 54.9 Å². The normalized spacial score (nSPS) is 17.8. The summed E-state index contributed by atoms with van der Waals surface area (Å²) in [6.07, 6.45) is 6.02. The number of aliphatic hydroxyl groups excluding tert-OH is 1. The zero-order valence-corrected chi connectivity index (χ0v) is 23.4. The molecule has 2 N–H and O–H groups in total. The Labute approximate surface area is 240 Å². The van der Waals surface area contributed by atoms with Gasteiger partial charge in [0.25, 0.3) is 5.91 Å². The molecule has 5 rings (SSSR count). The molecule has 1 saturated carbocycles. The third kappa shape index (κ3) is 6.43. The molecule has 7 nitrogen and oxygen atoms in total. The third-order valence-corrected chi connectivity index (χ3v) is 8.36. The van der Waals surface area contributed by atoms with Gasteiger partial charge in [0, 0.05) is 49.4 Å². The average molecular weight is 594 g/mol. The molecule has 0 radical (unpaired) electrons. The van der Waals surface area contributed by atoms with Gasteiger partial charge in [-0.15, -0.1) is 0 Å². The monoisotopic (exact) mass is 593 g/mol. The number of carbonyl (C=O) groups is 1. The molecule has 11 heteroatoms. The van der Waals surface area contributed by atoms with Gasteiger partial charge in [0.05, 0.1) is 15.6 Å². The standard InChI is InChI=1S/C29H31Cl2F2N3O4/c30-23-6-5-20(11-25(23)32)40-16-19(37)14-35-9-7-17(8-10-35)34-29(39)22-15-36(18-3-1-2-4-18)27-13-24(31)26(33)12-21(27)28(22)38/h5-6,11-13,15,17-19,37H,1-4,7-10,14,16H2,(H,34,39)/t19-/m0/s1. The predicted octanol–water partition coefficient (Wildman–Crippen LogP) is 5.34. The van der Waals surface area contributed by atoms with Crippen molar-refractivity contribution in [3.8, 4) is 5.75 Å². The Balaban J connectivity index is 1.20. The number of hydrogen-bond acceptors (Lipinski definition) is 5. The van der Waals surface area contributed by atoms with E-state index in [1.165, 1.54) is 24.3 Å². The molecule has 1 atom stereocenters. The number of halogens is 4. The molecule has 1 aromatic heterocycles. The molecule has 1 amide bonds. The zero-order valence-electron chi connectivity index (χ0n) is 21.8. The number of hydrogen-bond donors (Lipinski definition) is 2. The summed E-state index contributed by atoms with van der Waals surface area (Å²) in [7, 11) is 0. The van der Waals surface area contributed by atoms with Gasteiger partial charge in [0.1, 0.15) is 35.7 Å². The molecular weight excluding hydrogens is 563 g/mol. The van der Waals surface area contributed by atoms with Gasteiger partial charge in [-0.1, -0.05) is 36.0 Å². The second-order valence-electron chi connectivity index (χ2n) is 10.6. The van der Waals surface area contributed by atoms with E-state index in [2.05, 4.69) is 10.2 Å². The van der Waals surface area contributed by atoms with E-state index in [4.69, 9.17) is 27.9 Å². The smallest absolute Gasteiger partial charge is 0.256 e. The van der Waals surface area contributed by atoms with Crippen molar-refractivity contribution in [2.75, 3.05) is 26.2 Å². The molecule has 1 aliphatic heterocycles. The molecular formula is C29H31Cl2F2N3O4. The predicted molar refractivity (Wildman–Crippen MR) is 151 cm³/mol. The lowest BCUT2D eigenvalue weighted by molar-refractivity contribution is 0.0567. The molecule has 0 bridgehead atoms. The lowest BCUT2D eigenvalue weighted by Gasteiger charge is -2.33. The number of carbonyl (C=O) groups excluding carboxylic acids is 1. The van der Waals surface area contributed by atoms with Crippen molar-refractivity contribution in [2.45, 2.75) is 56.7 Å². The van der Waals surface area contributed by atoms with Gasteiger partial charge < -0.3 is 24.6 Å². The molecule has 0 unspecified atom stereocenters. The quantitative estimate of drug-likeness (QED) is 0.368. The van der Waals surface area contributed by atoms with Crippen LogP contribution in [0.3, 0.4) is 0 Å². The van der Waals surface area contributed by atoms with E-state index in [0.29, 0.717) is 38.0 Å². The van der Waals surface area contributed by atoms with Gasteiger partial charge in [-0.2, -0.15) is 0 Å². The number of aliphatic hydroxyl groups is 1. The molecule has 2 aliphatic rings. The SMILES string of the molecule is O=C(NC1CCN(C[C@H](O)COc2ccc(Cl)c(F)c2)CC1)c1cn(C2CCCC2)c2cc(Cl)c(F)cc2c1=O. The zero-order chi connectivity index (χ0) is 28.4. The number of nitrogens with one attached hydrogen (secondary N) is 1. The van der Waals surface area contributed by atoms with Crippen molar-refractivity contribution in [1.82, 2.24) is 14.8 Å². The van der Waals surface area contributed by atoms with Crippen LogP contribution in [0.4, 0.5) is 8.78 Å². The maximum absolute atomic E-state index is 14.3. The molecule has 2 fully saturated rings. The van der Waals surface area contributed by atoms with Gasteiger partial charge in [-0.05, 0) is 49.9 Å². The summed E-state index contributed by atoms with van der Waals surface area (Å²) in [5.74, 6) is -1.47. The minimum Gasteiger partial charge on any atom is -0.491 e. The van der Waals surface area contributed by atoms with Crippen LogP contribution in [-0.4, -0.2) is 58.9 Å². The molecule has 1 saturated heterocycles. The number of nitrogens with zero attached hydrogens (tertiary/aromatic N) is 2. The Bertz CT molecular complexity index is 1450. The first-order valence-electron chi connectivity index (χ1n) is 13.5. The second kappa shape index (κ2) is 12.4. The van der Waals surface area contributed by atoms with Gasteiger partial charge in [0.15, 0.2) is 0 Å². The maximum Gasteiger partial charge on any atom is 0.256 e. The molecule has 0 spiro atoms. The van der Waals surface area contributed by atoms with Crippen molar-refractivity contribution in [3.05, 3.63) is 74.0 Å². The Hall–Kier alpha value is -2.72. The summed E-state index contributed by atoms with van der Waals surface area (Å²) >= 11 is 11.7. The minimum absolute atomic E-state index is 0.00121. The van der Waals surface area contributed by atoms with Crippen LogP contribution < -0.4 is 15.5 Å². The number of rotatable bonds is 8. The van der Waals surface area contributed by atoms with E-state index in [1.807, 2.05) is 4.57 Å². The summed E-state index contributed by atoms with van der Waals surface area (Å²) in [6, 6.07) is 6.67. The van der Waals surface area contributed by atoms with Crippen LogP contribution in [0.15, 0.2) is 41.3 Å². The number of fused-ring (bicyclic) bond motifs is 1. The number of amides is 1. The van der Waals surface area contributed by atoms with Gasteiger partial charge >= 0.3 is 0 Å². The Morgan fingerprint density at radius 2 is 1.75 bits per heavy atom. The largest absolute Gasteiger partial charge is 0.491 e. The number of ether oxygens (including phenoxy) is 1. The maximum atomic E-state index is 14.3. The minimum atomic E-state index is -0.787. The summed E-state index contributed by atoms with van der Waals surface area (Å²) in [4.78, 5) is 28.6. The molecule has 3 aromatic rings. The lowest BCUT2D eigenvalue weighted by Crippen LogP contribution is -2.47. The number of β-amino-alcohol motifs (C(OH)–C–C–N with tert-alkyl or cyclic N) is 1. The van der Waals surface area contributed by atoms with Crippen molar-refractivity contribution >= 4 is 40.0 Å². The number of piperidine rings is 1. The fourth-order valence-corrected chi connectivity index (χ4v) is 5.90. The van der Waals surface area contributed by atoms with E-state index in [9.17, 15) is 23.5 Å². The average Bonchev–Trinajstić information content (AvgIpc) is 3.47. The first kappa shape index (κ1) is 28.8. The number of likely N-dealkylation sites (tertiary alicyclic amines) is 1. The Morgan fingerprint density at radius 3 is 2.45 bits per heavy atom. The van der Waals surface area contributed by atoms with E-state index >= 15 is 0 Å². The van der Waals surface area contributed by atoms with Crippen LogP contribution in [0.2, 0.25) is 10.0 Å². The topological polar surface area (TPSA) is 83.8 Å². The highest BCUT2D eigenvalue weighted by atomic mass is 35.5.